The van der Waals surface area contributed by atoms with Crippen molar-refractivity contribution < 1.29 is 23.8 Å². The Morgan fingerprint density at radius 2 is 1.77 bits per heavy atom. The van der Waals surface area contributed by atoms with Gasteiger partial charge in [0, 0.05) is 5.56 Å². The number of benzene rings is 3. The first-order chi connectivity index (χ1) is 19.3. The van der Waals surface area contributed by atoms with Gasteiger partial charge in [-0.3, -0.25) is 14.5 Å². The summed E-state index contributed by atoms with van der Waals surface area (Å²) < 4.78 is 17.7. The summed E-state index contributed by atoms with van der Waals surface area (Å²) in [6, 6.07) is 20.8. The van der Waals surface area contributed by atoms with Crippen LogP contribution in [0.4, 0.5) is 4.79 Å². The topological polar surface area (TPSA) is 88.9 Å². The van der Waals surface area contributed by atoms with Crippen molar-refractivity contribution in [3.8, 4) is 23.3 Å². The molecule has 0 radical (unpaired) electrons. The summed E-state index contributed by atoms with van der Waals surface area (Å²) >= 11 is 0.909. The van der Waals surface area contributed by atoms with Crippen LogP contribution in [0.25, 0.3) is 6.08 Å². The van der Waals surface area contributed by atoms with E-state index in [9.17, 15) is 14.9 Å². The highest BCUT2D eigenvalue weighted by Gasteiger charge is 2.35. The molecule has 1 aliphatic rings. The Bertz CT molecular complexity index is 1470. The third-order valence-corrected chi connectivity index (χ3v) is 7.23. The van der Waals surface area contributed by atoms with Gasteiger partial charge in [-0.1, -0.05) is 50.2 Å². The van der Waals surface area contributed by atoms with Crippen LogP contribution < -0.4 is 14.2 Å². The van der Waals surface area contributed by atoms with Crippen molar-refractivity contribution in [3.63, 3.8) is 0 Å². The van der Waals surface area contributed by atoms with Gasteiger partial charge in [0.05, 0.1) is 29.7 Å². The number of nitrogens with zero attached hydrogens (tertiary/aromatic N) is 2. The zero-order valence-electron chi connectivity index (χ0n) is 23.1. The monoisotopic (exact) mass is 556 g/mol. The molecule has 0 N–H and O–H groups in total. The van der Waals surface area contributed by atoms with Crippen LogP contribution >= 0.6 is 11.8 Å². The normalized spacial score (nSPS) is 14.1. The summed E-state index contributed by atoms with van der Waals surface area (Å²) in [6.07, 6.45) is 1.68. The lowest BCUT2D eigenvalue weighted by molar-refractivity contribution is -0.123. The summed E-state index contributed by atoms with van der Waals surface area (Å²) in [7, 11) is 0. The van der Waals surface area contributed by atoms with Crippen LogP contribution in [0.3, 0.4) is 0 Å². The highest BCUT2D eigenvalue weighted by molar-refractivity contribution is 8.18. The molecule has 3 aromatic rings. The smallest absolute Gasteiger partial charge is 0.293 e. The van der Waals surface area contributed by atoms with E-state index < -0.39 is 0 Å². The second kappa shape index (κ2) is 13.2. The zero-order chi connectivity index (χ0) is 28.6. The minimum Gasteiger partial charge on any atom is -0.491 e. The minimum atomic E-state index is -0.349. The fourth-order valence-corrected chi connectivity index (χ4v) is 5.11. The SMILES string of the molecule is CCOc1cc(/C=C2\SC(=O)N(CCOc3cc(C)ccc3C(C)C)C2=O)ccc1OCc1ccccc1C#N. The predicted molar refractivity (Wildman–Crippen MR) is 157 cm³/mol. The van der Waals surface area contributed by atoms with E-state index in [-0.39, 0.29) is 30.9 Å². The Balaban J connectivity index is 1.44. The molecule has 0 unspecified atom stereocenters. The number of thioether (sulfide) groups is 1. The molecule has 7 nitrogen and oxygen atoms in total. The van der Waals surface area contributed by atoms with Crippen LogP contribution in [-0.4, -0.2) is 35.8 Å². The number of imide groups is 1. The molecular weight excluding hydrogens is 524 g/mol. The number of carbonyl (C=O) groups is 2. The van der Waals surface area contributed by atoms with Gasteiger partial charge in [0.15, 0.2) is 11.5 Å². The summed E-state index contributed by atoms with van der Waals surface area (Å²) in [4.78, 5) is 27.3. The van der Waals surface area contributed by atoms with Gasteiger partial charge in [-0.05, 0) is 78.6 Å². The van der Waals surface area contributed by atoms with Gasteiger partial charge in [0.2, 0.25) is 0 Å². The standard InChI is InChI=1S/C32H32N2O5S/c1-5-37-29-17-23(11-13-27(29)39-20-25-9-7-6-8-24(25)19-33)18-30-31(35)34(32(36)40-30)14-15-38-28-16-22(4)10-12-26(28)21(2)3/h6-13,16-18,21H,5,14-15,20H2,1-4H3/b30-18-. The van der Waals surface area contributed by atoms with Gasteiger partial charge in [0.25, 0.3) is 11.1 Å². The molecular formula is C32H32N2O5S. The number of ether oxygens (including phenoxy) is 3. The maximum Gasteiger partial charge on any atom is 0.293 e. The molecule has 3 aromatic carbocycles. The number of aryl methyl sites for hydroxylation is 1. The van der Waals surface area contributed by atoms with Crippen molar-refractivity contribution in [2.45, 2.75) is 40.2 Å². The van der Waals surface area contributed by atoms with E-state index in [4.69, 9.17) is 14.2 Å². The Hall–Kier alpha value is -4.22. The molecule has 2 amide bonds. The Morgan fingerprint density at radius 3 is 2.52 bits per heavy atom. The van der Waals surface area contributed by atoms with Crippen molar-refractivity contribution >= 4 is 29.0 Å². The van der Waals surface area contributed by atoms with Gasteiger partial charge in [-0.25, -0.2) is 0 Å². The minimum absolute atomic E-state index is 0.161. The second-order valence-electron chi connectivity index (χ2n) is 9.57. The third kappa shape index (κ3) is 6.85. The molecule has 206 valence electrons. The molecule has 0 aromatic heterocycles. The molecule has 40 heavy (non-hydrogen) atoms. The van der Waals surface area contributed by atoms with E-state index in [0.29, 0.717) is 40.1 Å². The second-order valence-corrected chi connectivity index (χ2v) is 10.6. The maximum atomic E-state index is 13.1. The molecule has 0 atom stereocenters. The molecule has 0 spiro atoms. The number of nitriles is 1. The Kier molecular flexibility index (Phi) is 9.52. The summed E-state index contributed by atoms with van der Waals surface area (Å²) in [6.45, 7) is 9.08. The van der Waals surface area contributed by atoms with E-state index in [2.05, 4.69) is 26.0 Å². The quantitative estimate of drug-likeness (QED) is 0.233. The number of carbonyl (C=O) groups excluding carboxylic acids is 2. The summed E-state index contributed by atoms with van der Waals surface area (Å²) in [5.41, 5.74) is 4.21. The van der Waals surface area contributed by atoms with Crippen LogP contribution in [0.5, 0.6) is 17.2 Å². The van der Waals surface area contributed by atoms with Gasteiger partial charge in [-0.2, -0.15) is 5.26 Å². The molecule has 0 aliphatic carbocycles. The summed E-state index contributed by atoms with van der Waals surface area (Å²) in [5.74, 6) is 1.76. The van der Waals surface area contributed by atoms with Gasteiger partial charge < -0.3 is 14.2 Å². The molecule has 1 aliphatic heterocycles. The Morgan fingerprint density at radius 1 is 0.975 bits per heavy atom. The van der Waals surface area contributed by atoms with Gasteiger partial charge in [-0.15, -0.1) is 0 Å². The zero-order valence-corrected chi connectivity index (χ0v) is 23.9. The van der Waals surface area contributed by atoms with Crippen molar-refractivity contribution in [2.24, 2.45) is 0 Å². The van der Waals surface area contributed by atoms with E-state index >= 15 is 0 Å². The number of hydrogen-bond donors (Lipinski definition) is 0. The number of hydrogen-bond acceptors (Lipinski definition) is 7. The van der Waals surface area contributed by atoms with Crippen LogP contribution in [0.2, 0.25) is 0 Å². The Labute approximate surface area is 239 Å². The molecule has 0 saturated carbocycles. The predicted octanol–water partition coefficient (Wildman–Crippen LogP) is 7.08. The lowest BCUT2D eigenvalue weighted by atomic mass is 10.0. The van der Waals surface area contributed by atoms with Gasteiger partial charge >= 0.3 is 0 Å². The fourth-order valence-electron chi connectivity index (χ4n) is 4.25. The van der Waals surface area contributed by atoms with Crippen LogP contribution in [-0.2, 0) is 11.4 Å². The van der Waals surface area contributed by atoms with Crippen LogP contribution in [0, 0.1) is 18.3 Å². The molecule has 0 bridgehead atoms. The first-order valence-corrected chi connectivity index (χ1v) is 14.0. The fraction of sp³-hybridized carbons (Fsp3) is 0.281. The highest BCUT2D eigenvalue weighted by Crippen LogP contribution is 2.35. The largest absolute Gasteiger partial charge is 0.491 e. The summed E-state index contributed by atoms with van der Waals surface area (Å²) in [5, 5.41) is 9.00. The van der Waals surface area contributed by atoms with Crippen molar-refractivity contribution in [1.29, 1.82) is 5.26 Å². The average molecular weight is 557 g/mol. The molecule has 1 heterocycles. The van der Waals surface area contributed by atoms with E-state index in [1.807, 2.05) is 44.2 Å². The molecule has 1 fully saturated rings. The van der Waals surface area contributed by atoms with Gasteiger partial charge in [0.1, 0.15) is 19.0 Å². The third-order valence-electron chi connectivity index (χ3n) is 6.32. The molecule has 1 saturated heterocycles. The first kappa shape index (κ1) is 28.8. The lowest BCUT2D eigenvalue weighted by Gasteiger charge is -2.17. The molecule has 4 rings (SSSR count). The van der Waals surface area contributed by atoms with E-state index in [1.165, 1.54) is 4.90 Å². The number of amides is 2. The first-order valence-electron chi connectivity index (χ1n) is 13.2. The lowest BCUT2D eigenvalue weighted by Crippen LogP contribution is -2.32. The van der Waals surface area contributed by atoms with Crippen molar-refractivity contribution in [2.75, 3.05) is 19.8 Å². The van der Waals surface area contributed by atoms with Crippen LogP contribution in [0.15, 0.2) is 65.6 Å². The van der Waals surface area contributed by atoms with Crippen molar-refractivity contribution in [3.05, 3.63) is 93.4 Å². The maximum absolute atomic E-state index is 13.1. The van der Waals surface area contributed by atoms with Crippen LogP contribution in [0.1, 0.15) is 54.5 Å². The van der Waals surface area contributed by atoms with E-state index in [0.717, 1.165) is 34.2 Å². The van der Waals surface area contributed by atoms with Crippen molar-refractivity contribution in [1.82, 2.24) is 4.90 Å². The van der Waals surface area contributed by atoms with E-state index in [1.54, 1.807) is 30.3 Å². The number of rotatable bonds is 11. The average Bonchev–Trinajstić information content (AvgIpc) is 3.20. The molecule has 8 heteroatoms. The highest BCUT2D eigenvalue weighted by atomic mass is 32.2.